The molecule has 1 aromatic rings. The molecule has 2 N–H and O–H groups in total. The van der Waals surface area contributed by atoms with Gasteiger partial charge in [-0.15, -0.1) is 0 Å². The predicted molar refractivity (Wildman–Crippen MR) is 43.7 cm³/mol. The molecule has 0 amide bonds. The Labute approximate surface area is 78.9 Å². The van der Waals surface area contributed by atoms with Crippen LogP contribution in [-0.4, -0.2) is 24.5 Å². The van der Waals surface area contributed by atoms with E-state index in [1.54, 1.807) is 0 Å². The van der Waals surface area contributed by atoms with Crippen molar-refractivity contribution in [1.82, 2.24) is 0 Å². The molecule has 1 aromatic carbocycles. The number of hydrogen-bond donors (Lipinski definition) is 2. The maximum Gasteiger partial charge on any atom is 0.707 e. The molecular formula is C7H7BF2O4. The maximum absolute atomic E-state index is 12.7. The van der Waals surface area contributed by atoms with Crippen molar-refractivity contribution in [1.29, 1.82) is 0 Å². The van der Waals surface area contributed by atoms with Crippen LogP contribution in [0.3, 0.4) is 0 Å². The van der Waals surface area contributed by atoms with E-state index in [9.17, 15) is 8.78 Å². The molecule has 0 aliphatic rings. The van der Waals surface area contributed by atoms with Crippen LogP contribution in [0.15, 0.2) is 12.1 Å². The van der Waals surface area contributed by atoms with Gasteiger partial charge in [-0.3, -0.25) is 0 Å². The first kappa shape index (κ1) is 10.7. The predicted octanol–water partition coefficient (Wildman–Crippen LogP) is 0.322. The lowest BCUT2D eigenvalue weighted by Gasteiger charge is -2.09. The van der Waals surface area contributed by atoms with Crippen molar-refractivity contribution in [3.8, 4) is 11.5 Å². The Kier molecular flexibility index (Phi) is 3.26. The summed E-state index contributed by atoms with van der Waals surface area (Å²) in [5.41, 5.74) is 0. The van der Waals surface area contributed by atoms with Crippen LogP contribution in [0.5, 0.6) is 11.5 Å². The molecule has 0 aliphatic heterocycles. The van der Waals surface area contributed by atoms with Crippen molar-refractivity contribution in [3.63, 3.8) is 0 Å². The fourth-order valence-electron chi connectivity index (χ4n) is 0.876. The molecule has 76 valence electrons. The summed E-state index contributed by atoms with van der Waals surface area (Å²) >= 11 is 0. The smallest absolute Gasteiger partial charge is 0.509 e. The highest BCUT2D eigenvalue weighted by atomic mass is 19.2. The Morgan fingerprint density at radius 2 is 1.64 bits per heavy atom. The average Bonchev–Trinajstić information content (AvgIpc) is 2.10. The molecule has 0 radical (unpaired) electrons. The molecule has 1 rings (SSSR count). The van der Waals surface area contributed by atoms with Crippen LogP contribution >= 0.6 is 0 Å². The van der Waals surface area contributed by atoms with Crippen molar-refractivity contribution in [2.24, 2.45) is 0 Å². The molecule has 0 atom stereocenters. The zero-order valence-corrected chi connectivity index (χ0v) is 7.20. The van der Waals surface area contributed by atoms with Crippen LogP contribution < -0.4 is 9.39 Å². The number of methoxy groups -OCH3 is 1. The molecule has 14 heavy (non-hydrogen) atoms. The van der Waals surface area contributed by atoms with Gasteiger partial charge in [-0.05, 0) is 0 Å². The molecule has 0 aliphatic carbocycles. The fraction of sp³-hybridized carbons (Fsp3) is 0.143. The minimum atomic E-state index is -2.12. The second-order valence-electron chi connectivity index (χ2n) is 2.36. The van der Waals surface area contributed by atoms with Gasteiger partial charge in [0.15, 0.2) is 17.4 Å². The molecule has 0 spiro atoms. The van der Waals surface area contributed by atoms with Gasteiger partial charge in [0.1, 0.15) is 5.75 Å². The lowest BCUT2D eigenvalue weighted by Crippen LogP contribution is -2.21. The van der Waals surface area contributed by atoms with Crippen molar-refractivity contribution >= 4 is 7.32 Å². The van der Waals surface area contributed by atoms with Gasteiger partial charge in [0.05, 0.1) is 7.11 Å². The summed E-state index contributed by atoms with van der Waals surface area (Å²) < 4.78 is 34.3. The standard InChI is InChI=1S/C7H7BF2O4/c1-13-6-2-4(9)5(10)3-7(6)14-8(11)12/h2-3,11-12H,1H3. The third kappa shape index (κ3) is 2.33. The topological polar surface area (TPSA) is 58.9 Å². The van der Waals surface area contributed by atoms with Crippen LogP contribution in [-0.2, 0) is 0 Å². The minimum Gasteiger partial charge on any atom is -0.509 e. The monoisotopic (exact) mass is 204 g/mol. The second-order valence-corrected chi connectivity index (χ2v) is 2.36. The highest BCUT2D eigenvalue weighted by molar-refractivity contribution is 6.33. The molecular weight excluding hydrogens is 197 g/mol. The van der Waals surface area contributed by atoms with Crippen molar-refractivity contribution in [3.05, 3.63) is 23.8 Å². The minimum absolute atomic E-state index is 0.128. The summed E-state index contributed by atoms with van der Waals surface area (Å²) in [6.07, 6.45) is 0. The molecule has 0 heterocycles. The molecule has 7 heteroatoms. The molecule has 0 fully saturated rings. The normalized spacial score (nSPS) is 9.79. The lowest BCUT2D eigenvalue weighted by molar-refractivity contribution is 0.277. The van der Waals surface area contributed by atoms with Gasteiger partial charge in [0.25, 0.3) is 0 Å². The summed E-state index contributed by atoms with van der Waals surface area (Å²) in [4.78, 5) is 0. The third-order valence-corrected chi connectivity index (χ3v) is 1.44. The van der Waals surface area contributed by atoms with Crippen LogP contribution in [0.2, 0.25) is 0 Å². The SMILES string of the molecule is COc1cc(F)c(F)cc1OB(O)O. The average molecular weight is 204 g/mol. The van der Waals surface area contributed by atoms with Crippen LogP contribution in [0.4, 0.5) is 8.78 Å². The Bertz CT molecular complexity index is 332. The number of benzene rings is 1. The summed E-state index contributed by atoms with van der Waals surface area (Å²) in [6.45, 7) is 0. The van der Waals surface area contributed by atoms with E-state index in [1.165, 1.54) is 7.11 Å². The highest BCUT2D eigenvalue weighted by Gasteiger charge is 2.17. The Balaban J connectivity index is 3.07. The fourth-order valence-corrected chi connectivity index (χ4v) is 0.876. The van der Waals surface area contributed by atoms with Gasteiger partial charge in [-0.1, -0.05) is 0 Å². The number of halogens is 2. The molecule has 0 unspecified atom stereocenters. The summed E-state index contributed by atoms with van der Waals surface area (Å²) in [6, 6.07) is 1.40. The highest BCUT2D eigenvalue weighted by Crippen LogP contribution is 2.29. The van der Waals surface area contributed by atoms with Gasteiger partial charge in [0.2, 0.25) is 0 Å². The first-order valence-electron chi connectivity index (χ1n) is 3.60. The zero-order chi connectivity index (χ0) is 10.7. The third-order valence-electron chi connectivity index (χ3n) is 1.44. The lowest BCUT2D eigenvalue weighted by atomic mass is 10.2. The summed E-state index contributed by atoms with van der Waals surface area (Å²) in [5, 5.41) is 16.9. The van der Waals surface area contributed by atoms with Gasteiger partial charge < -0.3 is 19.4 Å². The molecule has 4 nitrogen and oxygen atoms in total. The second kappa shape index (κ2) is 4.25. The van der Waals surface area contributed by atoms with Gasteiger partial charge in [0, 0.05) is 12.1 Å². The molecule has 0 bridgehead atoms. The first-order chi connectivity index (χ1) is 6.54. The zero-order valence-electron chi connectivity index (χ0n) is 7.20. The number of rotatable bonds is 3. The van der Waals surface area contributed by atoms with Crippen molar-refractivity contribution < 1.29 is 28.2 Å². The first-order valence-corrected chi connectivity index (χ1v) is 3.60. The van der Waals surface area contributed by atoms with Gasteiger partial charge >= 0.3 is 7.32 Å². The van der Waals surface area contributed by atoms with E-state index in [0.717, 1.165) is 6.07 Å². The van der Waals surface area contributed by atoms with Gasteiger partial charge in [-0.2, -0.15) is 0 Å². The number of hydrogen-bond acceptors (Lipinski definition) is 4. The Morgan fingerprint density at radius 1 is 1.14 bits per heavy atom. The van der Waals surface area contributed by atoms with Crippen molar-refractivity contribution in [2.45, 2.75) is 0 Å². The van der Waals surface area contributed by atoms with E-state index in [-0.39, 0.29) is 11.5 Å². The molecule has 0 saturated carbocycles. The van der Waals surface area contributed by atoms with Gasteiger partial charge in [-0.25, -0.2) is 8.78 Å². The van der Waals surface area contributed by atoms with Crippen LogP contribution in [0.25, 0.3) is 0 Å². The van der Waals surface area contributed by atoms with E-state index in [4.69, 9.17) is 10.0 Å². The van der Waals surface area contributed by atoms with Crippen LogP contribution in [0.1, 0.15) is 0 Å². The van der Waals surface area contributed by atoms with E-state index < -0.39 is 19.0 Å². The largest absolute Gasteiger partial charge is 0.707 e. The summed E-state index contributed by atoms with van der Waals surface area (Å²) in [7, 11) is -0.905. The Hall–Kier alpha value is -1.34. The summed E-state index contributed by atoms with van der Waals surface area (Å²) in [5.74, 6) is -2.69. The molecule has 0 saturated heterocycles. The number of ether oxygens (including phenoxy) is 1. The van der Waals surface area contributed by atoms with Crippen LogP contribution in [0, 0.1) is 11.6 Å². The van der Waals surface area contributed by atoms with Crippen molar-refractivity contribution in [2.75, 3.05) is 7.11 Å². The Morgan fingerprint density at radius 3 is 2.07 bits per heavy atom. The quantitative estimate of drug-likeness (QED) is 0.696. The van der Waals surface area contributed by atoms with E-state index in [1.807, 2.05) is 0 Å². The molecule has 0 aromatic heterocycles. The maximum atomic E-state index is 12.7. The van der Waals surface area contributed by atoms with E-state index in [0.29, 0.717) is 6.07 Å². The van der Waals surface area contributed by atoms with E-state index in [2.05, 4.69) is 9.39 Å². The van der Waals surface area contributed by atoms with E-state index >= 15 is 0 Å².